The van der Waals surface area contributed by atoms with Gasteiger partial charge in [-0.3, -0.25) is 9.89 Å². The summed E-state index contributed by atoms with van der Waals surface area (Å²) in [6, 6.07) is 3.98. The maximum Gasteiger partial charge on any atom is 0.293 e. The van der Waals surface area contributed by atoms with Gasteiger partial charge in [0.1, 0.15) is 5.82 Å². The molecule has 0 radical (unpaired) electrons. The van der Waals surface area contributed by atoms with E-state index >= 15 is 0 Å². The van der Waals surface area contributed by atoms with Gasteiger partial charge in [-0.2, -0.15) is 0 Å². The molecule has 1 N–H and O–H groups in total. The van der Waals surface area contributed by atoms with Crippen molar-refractivity contribution in [1.29, 1.82) is 0 Å². The summed E-state index contributed by atoms with van der Waals surface area (Å²) in [6.45, 7) is 6.65. The number of aromatic nitrogens is 3. The van der Waals surface area contributed by atoms with E-state index in [0.717, 1.165) is 10.7 Å². The lowest BCUT2D eigenvalue weighted by Crippen LogP contribution is -2.27. The van der Waals surface area contributed by atoms with E-state index in [1.807, 2.05) is 38.3 Å². The Morgan fingerprint density at radius 3 is 2.74 bits per heavy atom. The van der Waals surface area contributed by atoms with Gasteiger partial charge in [-0.05, 0) is 11.4 Å². The van der Waals surface area contributed by atoms with Crippen molar-refractivity contribution in [3.8, 4) is 0 Å². The number of carbonyl (C=O) groups excluding carboxylic acids is 1. The van der Waals surface area contributed by atoms with E-state index in [4.69, 9.17) is 0 Å². The van der Waals surface area contributed by atoms with Gasteiger partial charge in [0.15, 0.2) is 0 Å². The third-order valence-electron chi connectivity index (χ3n) is 2.71. The molecule has 0 atom stereocenters. The van der Waals surface area contributed by atoms with Crippen LogP contribution in [0.2, 0.25) is 0 Å². The number of H-pyrrole nitrogens is 1. The monoisotopic (exact) mass is 278 g/mol. The summed E-state index contributed by atoms with van der Waals surface area (Å²) < 4.78 is 0. The van der Waals surface area contributed by atoms with Crippen LogP contribution in [0.5, 0.6) is 0 Å². The smallest absolute Gasteiger partial charge is 0.293 e. The molecular formula is C13H18N4OS. The molecule has 0 fully saturated rings. The number of hydrogen-bond donors (Lipinski definition) is 1. The van der Waals surface area contributed by atoms with Crippen LogP contribution in [0.1, 0.15) is 42.1 Å². The number of hydrogen-bond acceptors (Lipinski definition) is 4. The van der Waals surface area contributed by atoms with Crippen LogP contribution in [-0.2, 0) is 12.0 Å². The highest BCUT2D eigenvalue weighted by Gasteiger charge is 2.23. The lowest BCUT2D eigenvalue weighted by atomic mass is 9.96. The van der Waals surface area contributed by atoms with Crippen LogP contribution < -0.4 is 0 Å². The number of nitrogens with zero attached hydrogens (tertiary/aromatic N) is 3. The van der Waals surface area contributed by atoms with Crippen molar-refractivity contribution in [2.75, 3.05) is 7.05 Å². The van der Waals surface area contributed by atoms with E-state index in [-0.39, 0.29) is 17.1 Å². The fourth-order valence-corrected chi connectivity index (χ4v) is 2.33. The molecule has 0 bridgehead atoms. The van der Waals surface area contributed by atoms with E-state index < -0.39 is 0 Å². The van der Waals surface area contributed by atoms with Crippen molar-refractivity contribution < 1.29 is 4.79 Å². The Morgan fingerprint density at radius 2 is 2.21 bits per heavy atom. The predicted octanol–water partition coefficient (Wildman–Crippen LogP) is 2.44. The number of carbonyl (C=O) groups is 1. The minimum atomic E-state index is -0.167. The highest BCUT2D eigenvalue weighted by molar-refractivity contribution is 7.09. The average Bonchev–Trinajstić information content (AvgIpc) is 2.97. The van der Waals surface area contributed by atoms with Gasteiger partial charge in [0.2, 0.25) is 5.82 Å². The molecule has 2 aromatic rings. The van der Waals surface area contributed by atoms with Gasteiger partial charge in [-0.25, -0.2) is 4.98 Å². The van der Waals surface area contributed by atoms with Gasteiger partial charge >= 0.3 is 0 Å². The van der Waals surface area contributed by atoms with Crippen molar-refractivity contribution >= 4 is 17.2 Å². The SMILES string of the molecule is CN(Cc1cccs1)C(=O)c1n[nH]c(C(C)(C)C)n1. The largest absolute Gasteiger partial charge is 0.334 e. The molecule has 0 spiro atoms. The van der Waals surface area contributed by atoms with Crippen LogP contribution in [-0.4, -0.2) is 33.0 Å². The third-order valence-corrected chi connectivity index (χ3v) is 3.57. The Balaban J connectivity index is 2.09. The molecule has 0 saturated carbocycles. The molecule has 0 unspecified atom stereocenters. The minimum absolute atomic E-state index is 0.141. The molecule has 6 heteroatoms. The van der Waals surface area contributed by atoms with Crippen molar-refractivity contribution in [1.82, 2.24) is 20.1 Å². The molecule has 2 rings (SSSR count). The standard InChI is InChI=1S/C13H18N4OS/c1-13(2,3)12-14-10(15-16-12)11(18)17(4)8-9-6-5-7-19-9/h5-7H,8H2,1-4H3,(H,14,15,16). The lowest BCUT2D eigenvalue weighted by Gasteiger charge is -2.14. The van der Waals surface area contributed by atoms with Crippen LogP contribution >= 0.6 is 11.3 Å². The molecule has 0 saturated heterocycles. The Kier molecular flexibility index (Phi) is 3.71. The molecule has 19 heavy (non-hydrogen) atoms. The van der Waals surface area contributed by atoms with Crippen LogP contribution in [0, 0.1) is 0 Å². The first-order valence-electron chi connectivity index (χ1n) is 6.08. The van der Waals surface area contributed by atoms with E-state index in [1.54, 1.807) is 23.3 Å². The van der Waals surface area contributed by atoms with Gasteiger partial charge in [0.25, 0.3) is 5.91 Å². The molecule has 0 aromatic carbocycles. The van der Waals surface area contributed by atoms with Gasteiger partial charge in [0.05, 0.1) is 6.54 Å². The second-order valence-corrected chi connectivity index (χ2v) is 6.53. The fourth-order valence-electron chi connectivity index (χ4n) is 1.57. The molecule has 1 amide bonds. The highest BCUT2D eigenvalue weighted by Crippen LogP contribution is 2.18. The number of rotatable bonds is 3. The molecule has 2 aromatic heterocycles. The third kappa shape index (κ3) is 3.20. The summed E-state index contributed by atoms with van der Waals surface area (Å²) in [5.41, 5.74) is -0.141. The second kappa shape index (κ2) is 5.13. The zero-order valence-corrected chi connectivity index (χ0v) is 12.4. The molecule has 5 nitrogen and oxygen atoms in total. The molecule has 2 heterocycles. The normalized spacial score (nSPS) is 11.6. The Bertz CT molecular complexity index is 553. The number of amides is 1. The molecular weight excluding hydrogens is 260 g/mol. The zero-order chi connectivity index (χ0) is 14.0. The summed E-state index contributed by atoms with van der Waals surface area (Å²) >= 11 is 1.63. The average molecular weight is 278 g/mol. The van der Waals surface area contributed by atoms with Crippen LogP contribution in [0.4, 0.5) is 0 Å². The minimum Gasteiger partial charge on any atom is -0.334 e. The maximum absolute atomic E-state index is 12.2. The molecule has 0 aliphatic heterocycles. The van der Waals surface area contributed by atoms with Crippen LogP contribution in [0.25, 0.3) is 0 Å². The number of nitrogens with one attached hydrogen (secondary N) is 1. The highest BCUT2D eigenvalue weighted by atomic mass is 32.1. The lowest BCUT2D eigenvalue weighted by molar-refractivity contribution is 0.0774. The summed E-state index contributed by atoms with van der Waals surface area (Å²) in [6.07, 6.45) is 0. The van der Waals surface area contributed by atoms with E-state index in [0.29, 0.717) is 6.54 Å². The van der Waals surface area contributed by atoms with Crippen molar-refractivity contribution in [3.63, 3.8) is 0 Å². The molecule has 102 valence electrons. The van der Waals surface area contributed by atoms with E-state index in [9.17, 15) is 4.79 Å². The number of aromatic amines is 1. The predicted molar refractivity (Wildman–Crippen MR) is 75.2 cm³/mol. The van der Waals surface area contributed by atoms with E-state index in [1.165, 1.54) is 0 Å². The van der Waals surface area contributed by atoms with E-state index in [2.05, 4.69) is 15.2 Å². The van der Waals surface area contributed by atoms with Crippen LogP contribution in [0.15, 0.2) is 17.5 Å². The van der Waals surface area contributed by atoms with Gasteiger partial charge < -0.3 is 4.90 Å². The van der Waals surface area contributed by atoms with Crippen molar-refractivity contribution in [2.45, 2.75) is 32.7 Å². The first-order chi connectivity index (χ1) is 8.88. The van der Waals surface area contributed by atoms with Gasteiger partial charge in [0, 0.05) is 17.3 Å². The van der Waals surface area contributed by atoms with Gasteiger partial charge in [-0.15, -0.1) is 16.4 Å². The Morgan fingerprint density at radius 1 is 1.47 bits per heavy atom. The summed E-state index contributed by atoms with van der Waals surface area (Å²) in [4.78, 5) is 19.2. The summed E-state index contributed by atoms with van der Waals surface area (Å²) in [5.74, 6) is 0.782. The number of thiophene rings is 1. The summed E-state index contributed by atoms with van der Waals surface area (Å²) in [7, 11) is 1.76. The van der Waals surface area contributed by atoms with Crippen molar-refractivity contribution in [2.24, 2.45) is 0 Å². The quantitative estimate of drug-likeness (QED) is 0.938. The Labute approximate surface area is 116 Å². The van der Waals surface area contributed by atoms with Gasteiger partial charge in [-0.1, -0.05) is 26.8 Å². The molecule has 0 aliphatic rings. The second-order valence-electron chi connectivity index (χ2n) is 5.50. The molecule has 0 aliphatic carbocycles. The van der Waals surface area contributed by atoms with Crippen molar-refractivity contribution in [3.05, 3.63) is 34.0 Å². The topological polar surface area (TPSA) is 61.9 Å². The van der Waals surface area contributed by atoms with Crippen LogP contribution in [0.3, 0.4) is 0 Å². The fraction of sp³-hybridized carbons (Fsp3) is 0.462. The summed E-state index contributed by atoms with van der Waals surface area (Å²) in [5, 5.41) is 8.84. The zero-order valence-electron chi connectivity index (χ0n) is 11.6. The first-order valence-corrected chi connectivity index (χ1v) is 6.96. The Hall–Kier alpha value is -1.69. The maximum atomic E-state index is 12.2. The first kappa shape index (κ1) is 13.7.